The van der Waals surface area contributed by atoms with Crippen LogP contribution in [-0.2, 0) is 4.74 Å². The topological polar surface area (TPSA) is 86.0 Å². The zero-order valence-electron chi connectivity index (χ0n) is 11.4. The molecule has 1 aliphatic rings. The highest BCUT2D eigenvalue weighted by Crippen LogP contribution is 2.27. The van der Waals surface area contributed by atoms with Crippen molar-refractivity contribution < 1.29 is 9.47 Å². The standard InChI is InChI=1S/C14H18N4O2/c1-19-10-6-4-9(5-7-10)12(15)14-16-13(17-18-14)11-3-2-8-20-11/h4-7,11-12H,2-3,8,15H2,1H3,(H,16,17,18)/t11-,12+/m1/s1. The van der Waals surface area contributed by atoms with Crippen molar-refractivity contribution >= 4 is 0 Å². The van der Waals surface area contributed by atoms with Crippen LogP contribution in [0, 0.1) is 0 Å². The molecule has 2 heterocycles. The number of hydrogen-bond acceptors (Lipinski definition) is 5. The minimum absolute atomic E-state index is 0.0271. The average molecular weight is 274 g/mol. The van der Waals surface area contributed by atoms with Gasteiger partial charge in [0, 0.05) is 6.61 Å². The van der Waals surface area contributed by atoms with Crippen molar-refractivity contribution in [3.63, 3.8) is 0 Å². The Labute approximate surface area is 117 Å². The van der Waals surface area contributed by atoms with Gasteiger partial charge in [-0.1, -0.05) is 12.1 Å². The molecule has 6 heteroatoms. The summed E-state index contributed by atoms with van der Waals surface area (Å²) in [7, 11) is 1.64. The van der Waals surface area contributed by atoms with Gasteiger partial charge in [0.05, 0.1) is 13.2 Å². The number of aromatic amines is 1. The third-order valence-electron chi connectivity index (χ3n) is 3.51. The van der Waals surface area contributed by atoms with Crippen LogP contribution in [0.25, 0.3) is 0 Å². The maximum Gasteiger partial charge on any atom is 0.171 e. The summed E-state index contributed by atoms with van der Waals surface area (Å²) in [6.45, 7) is 0.783. The Hall–Kier alpha value is -1.92. The highest BCUT2D eigenvalue weighted by Gasteiger charge is 2.23. The molecule has 0 spiro atoms. The third-order valence-corrected chi connectivity index (χ3v) is 3.51. The number of nitrogens with one attached hydrogen (secondary N) is 1. The van der Waals surface area contributed by atoms with Crippen LogP contribution in [0.5, 0.6) is 5.75 Å². The van der Waals surface area contributed by atoms with Gasteiger partial charge < -0.3 is 15.2 Å². The molecule has 1 aromatic carbocycles. The lowest BCUT2D eigenvalue weighted by atomic mass is 10.1. The Morgan fingerprint density at radius 3 is 2.85 bits per heavy atom. The summed E-state index contributed by atoms with van der Waals surface area (Å²) in [5.41, 5.74) is 7.14. The van der Waals surface area contributed by atoms with E-state index >= 15 is 0 Å². The highest BCUT2D eigenvalue weighted by molar-refractivity contribution is 5.31. The van der Waals surface area contributed by atoms with Crippen LogP contribution in [-0.4, -0.2) is 28.9 Å². The van der Waals surface area contributed by atoms with Crippen LogP contribution >= 0.6 is 0 Å². The first kappa shape index (κ1) is 13.1. The van der Waals surface area contributed by atoms with Crippen LogP contribution in [0.3, 0.4) is 0 Å². The van der Waals surface area contributed by atoms with Gasteiger partial charge in [0.1, 0.15) is 11.9 Å². The normalized spacial score (nSPS) is 20.0. The van der Waals surface area contributed by atoms with Gasteiger partial charge in [-0.15, -0.1) is 0 Å². The van der Waals surface area contributed by atoms with Crippen molar-refractivity contribution in [3.05, 3.63) is 41.5 Å². The van der Waals surface area contributed by atoms with Crippen LogP contribution in [0.1, 0.15) is 42.2 Å². The molecule has 0 aliphatic carbocycles. The van der Waals surface area contributed by atoms with Gasteiger partial charge >= 0.3 is 0 Å². The maximum absolute atomic E-state index is 6.19. The smallest absolute Gasteiger partial charge is 0.171 e. The van der Waals surface area contributed by atoms with E-state index in [1.54, 1.807) is 7.11 Å². The number of rotatable bonds is 4. The quantitative estimate of drug-likeness (QED) is 0.886. The molecule has 0 radical (unpaired) electrons. The molecular formula is C14H18N4O2. The molecule has 1 fully saturated rings. The minimum atomic E-state index is -0.354. The lowest BCUT2D eigenvalue weighted by molar-refractivity contribution is 0.105. The van der Waals surface area contributed by atoms with Gasteiger partial charge in [-0.05, 0) is 30.5 Å². The van der Waals surface area contributed by atoms with E-state index in [1.807, 2.05) is 24.3 Å². The SMILES string of the molecule is COc1ccc([C@H](N)c2n[nH]c([C@H]3CCCO3)n2)cc1. The van der Waals surface area contributed by atoms with E-state index in [2.05, 4.69) is 15.2 Å². The lowest BCUT2D eigenvalue weighted by Crippen LogP contribution is -2.13. The van der Waals surface area contributed by atoms with E-state index in [-0.39, 0.29) is 12.1 Å². The molecule has 3 rings (SSSR count). The summed E-state index contributed by atoms with van der Waals surface area (Å²) >= 11 is 0. The molecule has 106 valence electrons. The molecule has 6 nitrogen and oxygen atoms in total. The molecule has 0 saturated carbocycles. The van der Waals surface area contributed by atoms with E-state index in [1.165, 1.54) is 0 Å². The predicted molar refractivity (Wildman–Crippen MR) is 73.3 cm³/mol. The zero-order chi connectivity index (χ0) is 13.9. The molecule has 1 aliphatic heterocycles. The minimum Gasteiger partial charge on any atom is -0.497 e. The Morgan fingerprint density at radius 1 is 1.40 bits per heavy atom. The van der Waals surface area contributed by atoms with E-state index in [9.17, 15) is 0 Å². The van der Waals surface area contributed by atoms with Gasteiger partial charge in [0.2, 0.25) is 0 Å². The molecule has 2 aromatic rings. The van der Waals surface area contributed by atoms with Crippen LogP contribution in [0.4, 0.5) is 0 Å². The number of hydrogen-bond donors (Lipinski definition) is 2. The molecule has 1 saturated heterocycles. The second-order valence-corrected chi connectivity index (χ2v) is 4.83. The van der Waals surface area contributed by atoms with E-state index in [4.69, 9.17) is 15.2 Å². The summed E-state index contributed by atoms with van der Waals surface area (Å²) in [5, 5.41) is 7.14. The van der Waals surface area contributed by atoms with Crippen molar-refractivity contribution in [2.45, 2.75) is 25.0 Å². The summed E-state index contributed by atoms with van der Waals surface area (Å²) in [4.78, 5) is 4.46. The number of nitrogens with two attached hydrogens (primary N) is 1. The van der Waals surface area contributed by atoms with E-state index in [0.717, 1.165) is 36.6 Å². The lowest BCUT2D eigenvalue weighted by Gasteiger charge is -2.09. The monoisotopic (exact) mass is 274 g/mol. The van der Waals surface area contributed by atoms with Gasteiger partial charge in [0.25, 0.3) is 0 Å². The zero-order valence-corrected chi connectivity index (χ0v) is 11.4. The average Bonchev–Trinajstić information content (AvgIpc) is 3.17. The molecule has 1 aromatic heterocycles. The summed E-state index contributed by atoms with van der Waals surface area (Å²) in [5.74, 6) is 2.15. The first-order valence-electron chi connectivity index (χ1n) is 6.71. The van der Waals surface area contributed by atoms with Gasteiger partial charge in [-0.25, -0.2) is 4.98 Å². The largest absolute Gasteiger partial charge is 0.497 e. The van der Waals surface area contributed by atoms with Crippen LogP contribution < -0.4 is 10.5 Å². The van der Waals surface area contributed by atoms with E-state index in [0.29, 0.717) is 5.82 Å². The predicted octanol–water partition coefficient (Wildman–Crippen LogP) is 1.71. The fraction of sp³-hybridized carbons (Fsp3) is 0.429. The number of aromatic nitrogens is 3. The van der Waals surface area contributed by atoms with Crippen molar-refractivity contribution in [3.8, 4) is 5.75 Å². The maximum atomic E-state index is 6.19. The third kappa shape index (κ3) is 2.52. The summed E-state index contributed by atoms with van der Waals surface area (Å²) < 4.78 is 10.7. The van der Waals surface area contributed by atoms with Gasteiger partial charge in [-0.3, -0.25) is 5.10 Å². The molecule has 0 unspecified atom stereocenters. The Morgan fingerprint density at radius 2 is 2.20 bits per heavy atom. The first-order chi connectivity index (χ1) is 9.78. The second-order valence-electron chi connectivity index (χ2n) is 4.83. The molecule has 0 bridgehead atoms. The van der Waals surface area contributed by atoms with Gasteiger partial charge in [-0.2, -0.15) is 5.10 Å². The second kappa shape index (κ2) is 5.60. The number of nitrogens with zero attached hydrogens (tertiary/aromatic N) is 2. The fourth-order valence-electron chi connectivity index (χ4n) is 2.32. The number of methoxy groups -OCH3 is 1. The van der Waals surface area contributed by atoms with Crippen molar-refractivity contribution in [2.24, 2.45) is 5.73 Å². The highest BCUT2D eigenvalue weighted by atomic mass is 16.5. The summed E-state index contributed by atoms with van der Waals surface area (Å²) in [6, 6.07) is 7.25. The van der Waals surface area contributed by atoms with Crippen molar-refractivity contribution in [2.75, 3.05) is 13.7 Å². The van der Waals surface area contributed by atoms with Crippen molar-refractivity contribution in [1.29, 1.82) is 0 Å². The number of H-pyrrole nitrogens is 1. The van der Waals surface area contributed by atoms with Crippen molar-refractivity contribution in [1.82, 2.24) is 15.2 Å². The Bertz CT molecular complexity index is 561. The molecule has 20 heavy (non-hydrogen) atoms. The van der Waals surface area contributed by atoms with Crippen LogP contribution in [0.2, 0.25) is 0 Å². The Balaban J connectivity index is 1.77. The first-order valence-corrected chi connectivity index (χ1v) is 6.71. The Kier molecular flexibility index (Phi) is 3.66. The van der Waals surface area contributed by atoms with Gasteiger partial charge in [0.15, 0.2) is 11.6 Å². The summed E-state index contributed by atoms with van der Waals surface area (Å²) in [6.07, 6.45) is 2.07. The van der Waals surface area contributed by atoms with E-state index < -0.39 is 0 Å². The molecule has 2 atom stereocenters. The molecule has 3 N–H and O–H groups in total. The molecule has 0 amide bonds. The number of benzene rings is 1. The number of ether oxygens (including phenoxy) is 2. The molecular weight excluding hydrogens is 256 g/mol. The van der Waals surface area contributed by atoms with Crippen LogP contribution in [0.15, 0.2) is 24.3 Å². The fourth-order valence-corrected chi connectivity index (χ4v) is 2.32.